The number of nitrogens with one attached hydrogen (secondary N) is 4. The van der Waals surface area contributed by atoms with Crippen LogP contribution in [0.3, 0.4) is 0 Å². The summed E-state index contributed by atoms with van der Waals surface area (Å²) in [6.45, 7) is 8.78. The number of aromatic nitrogens is 4. The number of nitrogens with zero attached hydrogens (tertiary/aromatic N) is 5. The molecule has 3 amide bonds. The number of hydrogen-bond donors (Lipinski definition) is 5. The predicted molar refractivity (Wildman–Crippen MR) is 208 cm³/mol. The summed E-state index contributed by atoms with van der Waals surface area (Å²) >= 11 is 0. The van der Waals surface area contributed by atoms with Crippen molar-refractivity contribution >= 4 is 28.9 Å². The molecule has 2 aromatic carbocycles. The molecule has 0 radical (unpaired) electrons. The molecule has 0 spiro atoms. The number of aliphatic hydroxyl groups excluding tert-OH is 1. The molecule has 5 unspecified atom stereocenters. The third kappa shape index (κ3) is 8.49. The summed E-state index contributed by atoms with van der Waals surface area (Å²) in [5, 5.41) is 28.7. The SMILES string of the molecule is COC(=O)NC(C(=O)N1CCCC1c1nc(C#N)c(C#Cc2ccc3cc(-c4cnc(C5CCCN5C(O)C(NC(=O)OC)C(C)C)[nH]4)ccc3c2)[nH]1)C(C)C. The molecule has 2 aromatic heterocycles. The smallest absolute Gasteiger partial charge is 0.407 e. The van der Waals surface area contributed by atoms with Crippen LogP contribution in [-0.4, -0.2) is 98.6 Å². The van der Waals surface area contributed by atoms with Gasteiger partial charge in [0.1, 0.15) is 35.7 Å². The zero-order valence-electron chi connectivity index (χ0n) is 32.6. The monoisotopic (exact) mass is 763 g/mol. The highest BCUT2D eigenvalue weighted by molar-refractivity contribution is 5.88. The van der Waals surface area contributed by atoms with E-state index in [-0.39, 0.29) is 35.5 Å². The minimum absolute atomic E-state index is 0.0237. The highest BCUT2D eigenvalue weighted by Gasteiger charge is 2.39. The average Bonchev–Trinajstić information content (AvgIpc) is 4.03. The van der Waals surface area contributed by atoms with Gasteiger partial charge in [-0.3, -0.25) is 9.69 Å². The molecular weight excluding hydrogens is 715 g/mol. The van der Waals surface area contributed by atoms with Gasteiger partial charge in [-0.25, -0.2) is 19.6 Å². The number of carbonyl (C=O) groups excluding carboxylic acids is 3. The third-order valence-corrected chi connectivity index (χ3v) is 10.6. The lowest BCUT2D eigenvalue weighted by Crippen LogP contribution is -2.54. The van der Waals surface area contributed by atoms with Gasteiger partial charge < -0.3 is 40.1 Å². The second-order valence-electron chi connectivity index (χ2n) is 14.9. The fourth-order valence-corrected chi connectivity index (χ4v) is 7.58. The van der Waals surface area contributed by atoms with Gasteiger partial charge in [0.2, 0.25) is 5.91 Å². The lowest BCUT2D eigenvalue weighted by molar-refractivity contribution is -0.135. The molecule has 0 bridgehead atoms. The second kappa shape index (κ2) is 17.3. The Bertz CT molecular complexity index is 2180. The Morgan fingerprint density at radius 2 is 1.59 bits per heavy atom. The summed E-state index contributed by atoms with van der Waals surface area (Å²) < 4.78 is 9.52. The number of benzene rings is 2. The van der Waals surface area contributed by atoms with E-state index in [1.54, 1.807) is 11.1 Å². The maximum absolute atomic E-state index is 13.6. The van der Waals surface area contributed by atoms with Crippen molar-refractivity contribution < 1.29 is 29.0 Å². The largest absolute Gasteiger partial charge is 0.453 e. The van der Waals surface area contributed by atoms with E-state index in [4.69, 9.17) is 14.5 Å². The number of amides is 3. The lowest BCUT2D eigenvalue weighted by atomic mass is 10.0. The highest BCUT2D eigenvalue weighted by Crippen LogP contribution is 2.35. The van der Waals surface area contributed by atoms with Gasteiger partial charge >= 0.3 is 12.2 Å². The zero-order chi connectivity index (χ0) is 40.1. The molecule has 2 aliphatic heterocycles. The van der Waals surface area contributed by atoms with Gasteiger partial charge in [-0.15, -0.1) is 0 Å². The number of methoxy groups -OCH3 is 2. The maximum Gasteiger partial charge on any atom is 0.407 e. The number of rotatable bonds is 10. The van der Waals surface area contributed by atoms with Crippen LogP contribution in [-0.2, 0) is 14.3 Å². The summed E-state index contributed by atoms with van der Waals surface area (Å²) in [6, 6.07) is 12.3. The summed E-state index contributed by atoms with van der Waals surface area (Å²) in [4.78, 5) is 57.1. The standard InChI is InChI=1S/C41H49N9O6/c1-23(2)34(47-40(53)55-5)38(51)49-17-7-9-32(49)36-43-22-31(46-36)28-15-14-26-19-25(11-13-27(26)20-28)12-16-29-30(21-42)45-37(44-29)33-10-8-18-50(33)39(52)35(24(3)4)48-41(54)56-6/h11,13-15,19-20,22-24,32-35,38,51H,7-10,17-18H2,1-6H3,(H,43,46)(H,44,45)(H,47,53)(H,48,54). The molecule has 4 aromatic rings. The normalized spacial score (nSPS) is 18.6. The van der Waals surface area contributed by atoms with Crippen LogP contribution < -0.4 is 10.6 Å². The van der Waals surface area contributed by atoms with Crippen LogP contribution in [0.1, 0.15) is 94.1 Å². The van der Waals surface area contributed by atoms with Crippen LogP contribution in [0.2, 0.25) is 0 Å². The number of aliphatic hydroxyl groups is 1. The minimum atomic E-state index is -0.913. The van der Waals surface area contributed by atoms with E-state index in [9.17, 15) is 24.8 Å². The zero-order valence-corrected chi connectivity index (χ0v) is 32.6. The summed E-state index contributed by atoms with van der Waals surface area (Å²) in [7, 11) is 2.57. The van der Waals surface area contributed by atoms with Gasteiger partial charge in [0, 0.05) is 24.2 Å². The van der Waals surface area contributed by atoms with Crippen molar-refractivity contribution in [1.82, 2.24) is 40.4 Å². The number of ether oxygens (including phenoxy) is 2. The van der Waals surface area contributed by atoms with Gasteiger partial charge in [0.05, 0.1) is 44.2 Å². The van der Waals surface area contributed by atoms with Gasteiger partial charge in [-0.2, -0.15) is 5.26 Å². The molecule has 0 saturated carbocycles. The Hall–Kier alpha value is -5.90. The number of alkyl carbamates (subject to hydrolysis) is 2. The fourth-order valence-electron chi connectivity index (χ4n) is 7.58. The first-order chi connectivity index (χ1) is 26.9. The maximum atomic E-state index is 13.6. The Labute approximate surface area is 326 Å². The molecule has 5 N–H and O–H groups in total. The Morgan fingerprint density at radius 3 is 2.30 bits per heavy atom. The van der Waals surface area contributed by atoms with E-state index < -0.39 is 30.5 Å². The van der Waals surface area contributed by atoms with Gasteiger partial charge in [-0.05, 0) is 72.4 Å². The van der Waals surface area contributed by atoms with Crippen molar-refractivity contribution in [3.8, 4) is 29.2 Å². The molecule has 56 heavy (non-hydrogen) atoms. The number of fused-ring (bicyclic) bond motifs is 1. The quantitative estimate of drug-likeness (QED) is 0.135. The van der Waals surface area contributed by atoms with Crippen molar-refractivity contribution in [2.24, 2.45) is 11.8 Å². The molecule has 2 aliphatic rings. The van der Waals surface area contributed by atoms with Crippen LogP contribution in [0.4, 0.5) is 9.59 Å². The molecule has 2 fully saturated rings. The van der Waals surface area contributed by atoms with Crippen LogP contribution in [0.15, 0.2) is 42.6 Å². The van der Waals surface area contributed by atoms with Crippen molar-refractivity contribution in [2.75, 3.05) is 27.3 Å². The van der Waals surface area contributed by atoms with E-state index in [1.165, 1.54) is 14.2 Å². The van der Waals surface area contributed by atoms with Gasteiger partial charge in [-0.1, -0.05) is 51.8 Å². The summed E-state index contributed by atoms with van der Waals surface area (Å²) in [5.41, 5.74) is 3.07. The minimum Gasteiger partial charge on any atom is -0.453 e. The van der Waals surface area contributed by atoms with Crippen molar-refractivity contribution in [3.05, 3.63) is 71.2 Å². The average molecular weight is 764 g/mol. The van der Waals surface area contributed by atoms with Crippen LogP contribution >= 0.6 is 0 Å². The summed E-state index contributed by atoms with van der Waals surface area (Å²) in [5.74, 6) is 7.06. The number of nitriles is 1. The molecule has 294 valence electrons. The Morgan fingerprint density at radius 1 is 0.893 bits per heavy atom. The van der Waals surface area contributed by atoms with E-state index in [0.29, 0.717) is 31.0 Å². The van der Waals surface area contributed by atoms with Crippen molar-refractivity contribution in [1.29, 1.82) is 5.26 Å². The number of imidazole rings is 2. The van der Waals surface area contributed by atoms with Gasteiger partial charge in [0.25, 0.3) is 0 Å². The van der Waals surface area contributed by atoms with E-state index in [0.717, 1.165) is 52.7 Å². The third-order valence-electron chi connectivity index (χ3n) is 10.6. The van der Waals surface area contributed by atoms with Crippen LogP contribution in [0.25, 0.3) is 22.0 Å². The second-order valence-corrected chi connectivity index (χ2v) is 14.9. The molecule has 4 heterocycles. The van der Waals surface area contributed by atoms with Crippen LogP contribution in [0, 0.1) is 35.0 Å². The van der Waals surface area contributed by atoms with Crippen molar-refractivity contribution in [2.45, 2.75) is 83.8 Å². The molecule has 2 saturated heterocycles. The van der Waals surface area contributed by atoms with Gasteiger partial charge in [0.15, 0.2) is 5.69 Å². The first-order valence-electron chi connectivity index (χ1n) is 19.0. The molecule has 15 nitrogen and oxygen atoms in total. The number of hydrogen-bond acceptors (Lipinski definition) is 10. The molecular formula is C41H49N9O6. The fraction of sp³-hybridized carbons (Fsp3) is 0.463. The van der Waals surface area contributed by atoms with Crippen LogP contribution in [0.5, 0.6) is 0 Å². The predicted octanol–water partition coefficient (Wildman–Crippen LogP) is 5.10. The first kappa shape index (κ1) is 39.8. The highest BCUT2D eigenvalue weighted by atomic mass is 16.5. The summed E-state index contributed by atoms with van der Waals surface area (Å²) in [6.07, 6.45) is 2.76. The Balaban J connectivity index is 1.17. The molecule has 6 rings (SSSR count). The number of aromatic amines is 2. The van der Waals surface area contributed by atoms with E-state index in [2.05, 4.69) is 49.6 Å². The number of carbonyl (C=O) groups is 3. The van der Waals surface area contributed by atoms with E-state index in [1.807, 2.05) is 62.9 Å². The van der Waals surface area contributed by atoms with E-state index >= 15 is 0 Å². The number of H-pyrrole nitrogens is 2. The number of likely N-dealkylation sites (tertiary alicyclic amines) is 2. The molecule has 5 atom stereocenters. The van der Waals surface area contributed by atoms with Crippen molar-refractivity contribution in [3.63, 3.8) is 0 Å². The first-order valence-corrected chi connectivity index (χ1v) is 19.0. The topological polar surface area (TPSA) is 202 Å². The lowest BCUT2D eigenvalue weighted by Gasteiger charge is -2.35. The molecule has 15 heteroatoms. The Kier molecular flexibility index (Phi) is 12.3. The molecule has 0 aliphatic carbocycles.